The van der Waals surface area contributed by atoms with Crippen molar-refractivity contribution in [2.45, 2.75) is 156 Å². The van der Waals surface area contributed by atoms with Gasteiger partial charge in [-0.2, -0.15) is 0 Å². The smallest absolute Gasteiger partial charge is 0.448 e. The van der Waals surface area contributed by atoms with Gasteiger partial charge < -0.3 is 97.0 Å². The van der Waals surface area contributed by atoms with Crippen LogP contribution in [0.3, 0.4) is 0 Å². The Morgan fingerprint density at radius 2 is 1.04 bits per heavy atom. The highest BCUT2D eigenvalue weighted by Crippen LogP contribution is 2.46. The van der Waals surface area contributed by atoms with Crippen LogP contribution in [0.15, 0.2) is 140 Å². The number of aliphatic hydroxyl groups is 1. The number of amides is 5. The normalized spacial score (nSPS) is 28.6. The van der Waals surface area contributed by atoms with Gasteiger partial charge in [0.25, 0.3) is 0 Å². The summed E-state index contributed by atoms with van der Waals surface area (Å²) in [4.78, 5) is 99.7. The molecule has 2 unspecified atom stereocenters. The maximum absolute atomic E-state index is 14.7. The van der Waals surface area contributed by atoms with Gasteiger partial charge in [-0.05, 0) is 58.5 Å². The fourth-order valence-electron chi connectivity index (χ4n) is 13.7. The van der Waals surface area contributed by atoms with Crippen molar-refractivity contribution in [2.75, 3.05) is 80.1 Å². The number of fused-ring (bicyclic) bond motifs is 4. The van der Waals surface area contributed by atoms with Crippen molar-refractivity contribution >= 4 is 53.8 Å². The van der Waals surface area contributed by atoms with Crippen LogP contribution in [0.4, 0.5) is 14.4 Å². The summed E-state index contributed by atoms with van der Waals surface area (Å²) in [6.45, 7) is 2.67. The zero-order valence-electron chi connectivity index (χ0n) is 58.4. The SMILES string of the molecule is CCS[C@@H]1O[C@H](COC(=O)OC2C[C@@H](C(=O)NCC(=O)N3CC(OC(=O)OC[C@H]4O[C@@H](OC)[C@@H]5O[C@@](C)(OC)[C@](C)(OC)O[C@H]5[C@H]4O)C[C@H]3C(=O)NCC(=O)NC)N(C(=O)OCC3c4ccccc4-c4ccccc43)C2)[C@@H](OCc2ccccc2)[C@H](OCc2ccccc2)[C@H]1OCc1ccccc1. The summed E-state index contributed by atoms with van der Waals surface area (Å²) in [7, 11) is 5.49. The summed E-state index contributed by atoms with van der Waals surface area (Å²) in [5, 5.41) is 19.0. The van der Waals surface area contributed by atoms with Gasteiger partial charge in [-0.15, -0.1) is 11.8 Å². The molecule has 28 nitrogen and oxygen atoms in total. The predicted octanol–water partition coefficient (Wildman–Crippen LogP) is 6.11. The van der Waals surface area contributed by atoms with Crippen LogP contribution in [0, 0.1) is 0 Å². The number of hydrogen-bond acceptors (Lipinski definition) is 24. The minimum atomic E-state index is -1.52. The van der Waals surface area contributed by atoms with E-state index in [-0.39, 0.29) is 64.9 Å². The van der Waals surface area contributed by atoms with Gasteiger partial charge in [0.1, 0.15) is 98.4 Å². The summed E-state index contributed by atoms with van der Waals surface area (Å²) in [5.74, 6) is -5.73. The first-order valence-corrected chi connectivity index (χ1v) is 35.3. The molecular weight excluding hydrogens is 1360 g/mol. The van der Waals surface area contributed by atoms with E-state index in [1.54, 1.807) is 13.8 Å². The van der Waals surface area contributed by atoms with Crippen LogP contribution in [0.25, 0.3) is 11.1 Å². The number of nitrogens with zero attached hydrogens (tertiary/aromatic N) is 2. The minimum absolute atomic E-state index is 0.127. The molecule has 0 radical (unpaired) electrons. The van der Waals surface area contributed by atoms with E-state index in [0.29, 0.717) is 5.75 Å². The molecule has 0 spiro atoms. The van der Waals surface area contributed by atoms with Gasteiger partial charge in [0, 0.05) is 47.1 Å². The first-order valence-electron chi connectivity index (χ1n) is 34.2. The Bertz CT molecular complexity index is 3660. The third kappa shape index (κ3) is 17.9. The molecule has 0 bridgehead atoms. The zero-order valence-corrected chi connectivity index (χ0v) is 59.2. The van der Waals surface area contributed by atoms with Crippen molar-refractivity contribution < 1.29 is 110 Å². The summed E-state index contributed by atoms with van der Waals surface area (Å²) in [6, 6.07) is 41.8. The number of benzene rings is 5. The molecule has 0 saturated carbocycles. The highest BCUT2D eigenvalue weighted by Gasteiger charge is 2.63. The van der Waals surface area contributed by atoms with Crippen molar-refractivity contribution in [3.63, 3.8) is 0 Å². The number of likely N-dealkylation sites (N-methyl/N-ethyl adjacent to an activating group) is 1. The fraction of sp³-hybridized carbons (Fsp3) is 0.500. The van der Waals surface area contributed by atoms with Gasteiger partial charge in [-0.3, -0.25) is 24.1 Å². The lowest BCUT2D eigenvalue weighted by Crippen LogP contribution is -2.73. The molecule has 29 heteroatoms. The summed E-state index contributed by atoms with van der Waals surface area (Å²) in [6.07, 6.45) is -15.5. The van der Waals surface area contributed by atoms with Crippen LogP contribution in [-0.2, 0) is 110 Å². The number of carbonyl (C=O) groups is 7. The number of likely N-dealkylation sites (tertiary alicyclic amines) is 2. The van der Waals surface area contributed by atoms with E-state index >= 15 is 0 Å². The van der Waals surface area contributed by atoms with Gasteiger partial charge in [-0.25, -0.2) is 14.4 Å². The Morgan fingerprint density at radius 1 is 0.563 bits per heavy atom. The molecule has 0 aromatic heterocycles. The van der Waals surface area contributed by atoms with Crippen molar-refractivity contribution in [3.05, 3.63) is 167 Å². The average Bonchev–Trinajstić information content (AvgIpc) is 1.17. The lowest BCUT2D eigenvalue weighted by Gasteiger charge is -2.56. The molecule has 5 aliphatic heterocycles. The lowest BCUT2D eigenvalue weighted by atomic mass is 9.94. The molecule has 4 N–H and O–H groups in total. The van der Waals surface area contributed by atoms with Gasteiger partial charge in [-0.1, -0.05) is 146 Å². The molecule has 5 aromatic carbocycles. The highest BCUT2D eigenvalue weighted by atomic mass is 32.2. The lowest BCUT2D eigenvalue weighted by molar-refractivity contribution is -0.483. The summed E-state index contributed by atoms with van der Waals surface area (Å²) >= 11 is 1.50. The molecule has 6 aliphatic rings. The Labute approximate surface area is 601 Å². The largest absolute Gasteiger partial charge is 0.508 e. The highest BCUT2D eigenvalue weighted by molar-refractivity contribution is 7.99. The molecule has 5 amide bonds. The molecule has 1 aliphatic carbocycles. The Balaban J connectivity index is 0.776. The molecular formula is C74H89N5O23S. The van der Waals surface area contributed by atoms with E-state index in [1.807, 2.05) is 146 Å². The fourth-order valence-corrected chi connectivity index (χ4v) is 14.6. The van der Waals surface area contributed by atoms with Crippen molar-refractivity contribution in [1.29, 1.82) is 0 Å². The number of methoxy groups -OCH3 is 3. The van der Waals surface area contributed by atoms with E-state index in [1.165, 1.54) is 40.1 Å². The van der Waals surface area contributed by atoms with Crippen molar-refractivity contribution in [3.8, 4) is 11.1 Å². The van der Waals surface area contributed by atoms with E-state index in [0.717, 1.165) is 48.7 Å². The first-order chi connectivity index (χ1) is 49.8. The average molecular weight is 1450 g/mol. The molecule has 554 valence electrons. The molecule has 103 heavy (non-hydrogen) atoms. The first kappa shape index (κ1) is 75.8. The number of carbonyl (C=O) groups excluding carboxylic acids is 7. The molecule has 5 saturated heterocycles. The van der Waals surface area contributed by atoms with Gasteiger partial charge in [0.05, 0.1) is 46.0 Å². The Kier molecular flexibility index (Phi) is 25.8. The number of rotatable bonds is 28. The Morgan fingerprint density at radius 3 is 1.56 bits per heavy atom. The number of ether oxygens (including phenoxy) is 15. The molecule has 5 aromatic rings. The number of hydrogen-bond donors (Lipinski definition) is 4. The summed E-state index contributed by atoms with van der Waals surface area (Å²) < 4.78 is 91.3. The van der Waals surface area contributed by atoms with Crippen molar-refractivity contribution in [2.24, 2.45) is 0 Å². The molecule has 5 fully saturated rings. The quantitative estimate of drug-likeness (QED) is 0.0324. The second-order valence-corrected chi connectivity index (χ2v) is 27.1. The van der Waals surface area contributed by atoms with Gasteiger partial charge in [0.15, 0.2) is 6.29 Å². The second-order valence-electron chi connectivity index (χ2n) is 25.7. The molecule has 11 rings (SSSR count). The monoisotopic (exact) mass is 1450 g/mol. The number of thioether (sulfide) groups is 1. The third-order valence-corrected chi connectivity index (χ3v) is 20.4. The van der Waals surface area contributed by atoms with Crippen LogP contribution in [0.2, 0.25) is 0 Å². The van der Waals surface area contributed by atoms with Crippen LogP contribution in [0.1, 0.15) is 67.3 Å². The van der Waals surface area contributed by atoms with Crippen LogP contribution >= 0.6 is 11.8 Å². The molecule has 16 atom stereocenters. The van der Waals surface area contributed by atoms with Gasteiger partial charge >= 0.3 is 18.4 Å². The second kappa shape index (κ2) is 35.0. The van der Waals surface area contributed by atoms with Crippen LogP contribution in [-0.4, -0.2) is 233 Å². The van der Waals surface area contributed by atoms with Gasteiger partial charge in [0.2, 0.25) is 35.2 Å². The predicted molar refractivity (Wildman–Crippen MR) is 367 cm³/mol. The van der Waals surface area contributed by atoms with Crippen LogP contribution < -0.4 is 16.0 Å². The number of aliphatic hydroxyl groups excluding tert-OH is 1. The molecule has 5 heterocycles. The maximum atomic E-state index is 14.7. The standard InChI is InChI=1S/C74H89N5O23S/c1-8-103-69-65(93-40-46-26-16-11-17-27-46)63(92-39-45-24-14-10-15-25-45)61(91-38-44-22-12-9-13-23-44)57(100-69)43-96-72(87)98-48-33-55(79(37-48)70(85)94-41-53-51-30-20-18-28-49(51)50-29-19-21-31-52(50)53)67(84)77-35-59(81)78-36-47(32-54(78)66(83)76-34-58(80)75-4)97-71(86)95-42-56-60(82)62-64(68(88-5)99-56)102-74(3,90-7)73(2,89-6)101-62/h9-31,47-48,53-57,60-65,68-69,82H,8,32-43H2,1-7H3,(H,75,80)(H,76,83)(H,77,84)/t47?,48?,54-,55-,56+,57+,60-,61+,62-,63-,64+,65+,68+,69-,73+,74+/m0/s1. The third-order valence-electron chi connectivity index (χ3n) is 19.3. The van der Waals surface area contributed by atoms with E-state index in [9.17, 15) is 38.7 Å². The van der Waals surface area contributed by atoms with E-state index in [4.69, 9.17) is 71.1 Å². The topological polar surface area (TPSA) is 321 Å². The van der Waals surface area contributed by atoms with E-state index in [2.05, 4.69) is 16.0 Å². The Hall–Kier alpha value is -8.30. The maximum Gasteiger partial charge on any atom is 0.508 e. The summed E-state index contributed by atoms with van der Waals surface area (Å²) in [5.41, 5.74) is 5.92. The van der Waals surface area contributed by atoms with Crippen molar-refractivity contribution in [1.82, 2.24) is 25.8 Å². The minimum Gasteiger partial charge on any atom is -0.448 e. The van der Waals surface area contributed by atoms with E-state index < -0.39 is 158 Å². The zero-order chi connectivity index (χ0) is 72.8. The van der Waals surface area contributed by atoms with Crippen LogP contribution in [0.5, 0.6) is 0 Å². The number of nitrogens with one attached hydrogen (secondary N) is 3.